The summed E-state index contributed by atoms with van der Waals surface area (Å²) >= 11 is 3.26. The molecule has 0 aromatic heterocycles. The number of amides is 1. The highest BCUT2D eigenvalue weighted by molar-refractivity contribution is 9.10. The number of rotatable bonds is 4. The third-order valence-corrected chi connectivity index (χ3v) is 2.52. The Morgan fingerprint density at radius 3 is 2.56 bits per heavy atom. The van der Waals surface area contributed by atoms with E-state index in [4.69, 9.17) is 10.5 Å². The van der Waals surface area contributed by atoms with Gasteiger partial charge >= 0.3 is 0 Å². The maximum Gasteiger partial charge on any atom is 0.258 e. The van der Waals surface area contributed by atoms with E-state index in [2.05, 4.69) is 15.9 Å². The maximum absolute atomic E-state index is 11.3. The molecule has 86 valence electrons. The summed E-state index contributed by atoms with van der Waals surface area (Å²) in [4.78, 5) is 22.2. The van der Waals surface area contributed by atoms with Crippen LogP contribution in [0.15, 0.2) is 22.7 Å². The number of ether oxygens (including phenoxy) is 1. The standard InChI is InChI=1S/C11H12BrNO3/c1-6(14)9-4-3-8(12)5-10(9)16-7(2)11(13)15/h3-5,7H,1-2H3,(H2,13,15). The van der Waals surface area contributed by atoms with Gasteiger partial charge in [0.1, 0.15) is 5.75 Å². The molecule has 1 atom stereocenters. The van der Waals surface area contributed by atoms with Crippen LogP contribution in [0.1, 0.15) is 24.2 Å². The van der Waals surface area contributed by atoms with E-state index in [1.165, 1.54) is 13.8 Å². The normalized spacial score (nSPS) is 11.9. The Labute approximate surface area is 102 Å². The van der Waals surface area contributed by atoms with Gasteiger partial charge < -0.3 is 10.5 Å². The second kappa shape index (κ2) is 5.12. The molecule has 0 heterocycles. The van der Waals surface area contributed by atoms with Crippen molar-refractivity contribution < 1.29 is 14.3 Å². The second-order valence-electron chi connectivity index (χ2n) is 3.36. The van der Waals surface area contributed by atoms with Gasteiger partial charge in [-0.3, -0.25) is 9.59 Å². The van der Waals surface area contributed by atoms with Crippen molar-refractivity contribution in [3.8, 4) is 5.75 Å². The molecule has 0 fully saturated rings. The third kappa shape index (κ3) is 3.06. The molecule has 1 rings (SSSR count). The molecule has 1 amide bonds. The maximum atomic E-state index is 11.3. The van der Waals surface area contributed by atoms with Crippen molar-refractivity contribution in [3.63, 3.8) is 0 Å². The number of primary amides is 1. The van der Waals surface area contributed by atoms with Crippen LogP contribution in [0.3, 0.4) is 0 Å². The van der Waals surface area contributed by atoms with Gasteiger partial charge in [-0.25, -0.2) is 0 Å². The van der Waals surface area contributed by atoms with Gasteiger partial charge in [-0.2, -0.15) is 0 Å². The second-order valence-corrected chi connectivity index (χ2v) is 4.27. The number of halogens is 1. The van der Waals surface area contributed by atoms with Crippen molar-refractivity contribution in [2.24, 2.45) is 5.73 Å². The highest BCUT2D eigenvalue weighted by Gasteiger charge is 2.15. The lowest BCUT2D eigenvalue weighted by molar-refractivity contribution is -0.124. The Kier molecular flexibility index (Phi) is 4.06. The van der Waals surface area contributed by atoms with Crippen molar-refractivity contribution in [1.82, 2.24) is 0 Å². The topological polar surface area (TPSA) is 69.4 Å². The van der Waals surface area contributed by atoms with E-state index >= 15 is 0 Å². The van der Waals surface area contributed by atoms with Gasteiger partial charge in [-0.1, -0.05) is 15.9 Å². The first-order valence-corrected chi connectivity index (χ1v) is 5.47. The number of hydrogen-bond donors (Lipinski definition) is 1. The van der Waals surface area contributed by atoms with Crippen LogP contribution >= 0.6 is 15.9 Å². The number of carbonyl (C=O) groups excluding carboxylic acids is 2. The van der Waals surface area contributed by atoms with Gasteiger partial charge in [0.05, 0.1) is 5.56 Å². The number of nitrogens with two attached hydrogens (primary N) is 1. The number of carbonyl (C=O) groups is 2. The van der Waals surface area contributed by atoms with E-state index in [1.54, 1.807) is 18.2 Å². The van der Waals surface area contributed by atoms with Crippen LogP contribution in [-0.2, 0) is 4.79 Å². The van der Waals surface area contributed by atoms with Crippen LogP contribution in [0.2, 0.25) is 0 Å². The zero-order valence-electron chi connectivity index (χ0n) is 8.99. The molecule has 0 radical (unpaired) electrons. The van der Waals surface area contributed by atoms with E-state index in [-0.39, 0.29) is 5.78 Å². The van der Waals surface area contributed by atoms with E-state index in [1.807, 2.05) is 0 Å². The summed E-state index contributed by atoms with van der Waals surface area (Å²) in [6, 6.07) is 5.00. The zero-order chi connectivity index (χ0) is 12.3. The van der Waals surface area contributed by atoms with Crippen molar-refractivity contribution in [3.05, 3.63) is 28.2 Å². The summed E-state index contributed by atoms with van der Waals surface area (Å²) in [5.74, 6) is -0.346. The Hall–Kier alpha value is -1.36. The van der Waals surface area contributed by atoms with E-state index in [9.17, 15) is 9.59 Å². The molecule has 1 aromatic carbocycles. The molecule has 2 N–H and O–H groups in total. The Bertz CT molecular complexity index is 431. The molecule has 16 heavy (non-hydrogen) atoms. The van der Waals surface area contributed by atoms with Crippen LogP contribution in [0.5, 0.6) is 5.75 Å². The fourth-order valence-electron chi connectivity index (χ4n) is 1.13. The minimum atomic E-state index is -0.771. The average Bonchev–Trinajstić information content (AvgIpc) is 2.16. The lowest BCUT2D eigenvalue weighted by Crippen LogP contribution is -2.31. The molecule has 0 saturated carbocycles. The summed E-state index contributed by atoms with van der Waals surface area (Å²) < 4.78 is 6.09. The molecule has 5 heteroatoms. The van der Waals surface area contributed by atoms with Gasteiger partial charge in [-0.05, 0) is 32.0 Å². The summed E-state index contributed by atoms with van der Waals surface area (Å²) in [6.45, 7) is 2.97. The molecule has 1 aromatic rings. The molecule has 0 aliphatic heterocycles. The predicted octanol–water partition coefficient (Wildman–Crippen LogP) is 1.90. The van der Waals surface area contributed by atoms with Crippen molar-refractivity contribution in [2.45, 2.75) is 20.0 Å². The fourth-order valence-corrected chi connectivity index (χ4v) is 1.47. The van der Waals surface area contributed by atoms with Gasteiger partial charge in [0.15, 0.2) is 11.9 Å². The molecule has 0 aliphatic carbocycles. The predicted molar refractivity (Wildman–Crippen MR) is 63.4 cm³/mol. The quantitative estimate of drug-likeness (QED) is 0.859. The first-order chi connectivity index (χ1) is 7.41. The summed E-state index contributed by atoms with van der Waals surface area (Å²) in [7, 11) is 0. The van der Waals surface area contributed by atoms with Gasteiger partial charge in [0, 0.05) is 4.47 Å². The number of ketones is 1. The van der Waals surface area contributed by atoms with E-state index in [0.717, 1.165) is 4.47 Å². The lowest BCUT2D eigenvalue weighted by atomic mass is 10.1. The number of benzene rings is 1. The Morgan fingerprint density at radius 2 is 2.06 bits per heavy atom. The zero-order valence-corrected chi connectivity index (χ0v) is 10.6. The van der Waals surface area contributed by atoms with Crippen LogP contribution in [0.25, 0.3) is 0 Å². The summed E-state index contributed by atoms with van der Waals surface area (Å²) in [5, 5.41) is 0. The SMILES string of the molecule is CC(=O)c1ccc(Br)cc1OC(C)C(N)=O. The van der Waals surface area contributed by atoms with Crippen LogP contribution < -0.4 is 10.5 Å². The van der Waals surface area contributed by atoms with Crippen LogP contribution in [-0.4, -0.2) is 17.8 Å². The monoisotopic (exact) mass is 285 g/mol. The van der Waals surface area contributed by atoms with Gasteiger partial charge in [-0.15, -0.1) is 0 Å². The first-order valence-electron chi connectivity index (χ1n) is 4.68. The highest BCUT2D eigenvalue weighted by atomic mass is 79.9. The average molecular weight is 286 g/mol. The van der Waals surface area contributed by atoms with Crippen molar-refractivity contribution in [1.29, 1.82) is 0 Å². The molecular weight excluding hydrogens is 274 g/mol. The molecule has 1 unspecified atom stereocenters. The van der Waals surface area contributed by atoms with Gasteiger partial charge in [0.2, 0.25) is 0 Å². The van der Waals surface area contributed by atoms with E-state index < -0.39 is 12.0 Å². The lowest BCUT2D eigenvalue weighted by Gasteiger charge is -2.14. The highest BCUT2D eigenvalue weighted by Crippen LogP contribution is 2.25. The fraction of sp³-hybridized carbons (Fsp3) is 0.273. The minimum absolute atomic E-state index is 0.126. The van der Waals surface area contributed by atoms with Gasteiger partial charge in [0.25, 0.3) is 5.91 Å². The van der Waals surface area contributed by atoms with Crippen molar-refractivity contribution >= 4 is 27.6 Å². The minimum Gasteiger partial charge on any atom is -0.480 e. The first kappa shape index (κ1) is 12.7. The largest absolute Gasteiger partial charge is 0.480 e. The number of Topliss-reactive ketones (excluding diaryl/α,β-unsaturated/α-hetero) is 1. The Morgan fingerprint density at radius 1 is 1.44 bits per heavy atom. The molecule has 4 nitrogen and oxygen atoms in total. The molecule has 0 saturated heterocycles. The van der Waals surface area contributed by atoms with E-state index in [0.29, 0.717) is 11.3 Å². The number of hydrogen-bond acceptors (Lipinski definition) is 3. The third-order valence-electron chi connectivity index (χ3n) is 2.03. The van der Waals surface area contributed by atoms with Crippen LogP contribution in [0.4, 0.5) is 0 Å². The van der Waals surface area contributed by atoms with Crippen LogP contribution in [0, 0.1) is 0 Å². The molecule has 0 spiro atoms. The molecular formula is C11H12BrNO3. The van der Waals surface area contributed by atoms with Crippen molar-refractivity contribution in [2.75, 3.05) is 0 Å². The summed E-state index contributed by atoms with van der Waals surface area (Å²) in [6.07, 6.45) is -0.771. The molecule has 0 bridgehead atoms. The Balaban J connectivity index is 3.05. The smallest absolute Gasteiger partial charge is 0.258 e. The summed E-state index contributed by atoms with van der Waals surface area (Å²) in [5.41, 5.74) is 5.51. The molecule has 0 aliphatic rings.